The SMILES string of the molecule is COCC(N)C(=O)NC1CCCCCC1c1ccccc1C(F)(F)F. The van der Waals surface area contributed by atoms with Crippen molar-refractivity contribution < 1.29 is 22.7 Å². The van der Waals surface area contributed by atoms with Gasteiger partial charge in [0, 0.05) is 19.1 Å². The average molecular weight is 358 g/mol. The number of carbonyl (C=O) groups is 1. The third kappa shape index (κ3) is 5.19. The molecule has 3 unspecified atom stereocenters. The van der Waals surface area contributed by atoms with Gasteiger partial charge in [0.05, 0.1) is 12.2 Å². The zero-order valence-corrected chi connectivity index (χ0v) is 14.3. The van der Waals surface area contributed by atoms with Gasteiger partial charge in [-0.05, 0) is 24.5 Å². The van der Waals surface area contributed by atoms with E-state index < -0.39 is 17.8 Å². The molecule has 0 aliphatic heterocycles. The minimum atomic E-state index is -4.41. The number of halogens is 3. The highest BCUT2D eigenvalue weighted by Gasteiger charge is 2.37. The Morgan fingerprint density at radius 1 is 1.28 bits per heavy atom. The number of benzene rings is 1. The molecule has 1 aromatic rings. The van der Waals surface area contributed by atoms with E-state index in [1.807, 2.05) is 0 Å². The Kier molecular flexibility index (Phi) is 6.84. The average Bonchev–Trinajstić information content (AvgIpc) is 2.79. The molecule has 0 aromatic heterocycles. The number of amides is 1. The molecule has 0 saturated heterocycles. The monoisotopic (exact) mass is 358 g/mol. The second kappa shape index (κ2) is 8.67. The third-order valence-corrected chi connectivity index (χ3v) is 4.69. The second-order valence-corrected chi connectivity index (χ2v) is 6.51. The van der Waals surface area contributed by atoms with Gasteiger partial charge < -0.3 is 15.8 Å². The molecule has 0 spiro atoms. The molecule has 0 radical (unpaired) electrons. The van der Waals surface area contributed by atoms with E-state index in [-0.39, 0.29) is 30.0 Å². The molecule has 0 heterocycles. The van der Waals surface area contributed by atoms with Crippen LogP contribution in [0.5, 0.6) is 0 Å². The number of ether oxygens (including phenoxy) is 1. The molecular formula is C18H25F3N2O2. The van der Waals surface area contributed by atoms with Gasteiger partial charge >= 0.3 is 6.18 Å². The lowest BCUT2D eigenvalue weighted by Gasteiger charge is -2.29. The first-order chi connectivity index (χ1) is 11.8. The summed E-state index contributed by atoms with van der Waals surface area (Å²) >= 11 is 0. The quantitative estimate of drug-likeness (QED) is 0.795. The lowest BCUT2D eigenvalue weighted by atomic mass is 9.84. The molecule has 1 amide bonds. The summed E-state index contributed by atoms with van der Waals surface area (Å²) in [6, 6.07) is 4.45. The highest BCUT2D eigenvalue weighted by atomic mass is 19.4. The van der Waals surface area contributed by atoms with Crippen molar-refractivity contribution in [3.63, 3.8) is 0 Å². The first-order valence-corrected chi connectivity index (χ1v) is 8.55. The number of nitrogens with two attached hydrogens (primary N) is 1. The Balaban J connectivity index is 2.28. The second-order valence-electron chi connectivity index (χ2n) is 6.51. The molecule has 3 N–H and O–H groups in total. The maximum Gasteiger partial charge on any atom is 0.416 e. The normalized spacial score (nSPS) is 22.9. The molecule has 1 saturated carbocycles. The number of nitrogens with one attached hydrogen (secondary N) is 1. The minimum absolute atomic E-state index is 0.0718. The van der Waals surface area contributed by atoms with Crippen molar-refractivity contribution in [2.24, 2.45) is 5.73 Å². The van der Waals surface area contributed by atoms with E-state index in [1.54, 1.807) is 6.07 Å². The predicted molar refractivity (Wildman–Crippen MR) is 89.1 cm³/mol. The number of rotatable bonds is 5. The first-order valence-electron chi connectivity index (χ1n) is 8.55. The fourth-order valence-electron chi connectivity index (χ4n) is 3.48. The van der Waals surface area contributed by atoms with Crippen molar-refractivity contribution in [1.29, 1.82) is 0 Å². The number of methoxy groups -OCH3 is 1. The molecule has 0 bridgehead atoms. The summed E-state index contributed by atoms with van der Waals surface area (Å²) in [5, 5.41) is 2.86. The van der Waals surface area contributed by atoms with Gasteiger partial charge in [0.25, 0.3) is 0 Å². The molecule has 1 fully saturated rings. The Hall–Kier alpha value is -1.60. The van der Waals surface area contributed by atoms with E-state index >= 15 is 0 Å². The molecule has 25 heavy (non-hydrogen) atoms. The predicted octanol–water partition coefficient (Wildman–Crippen LogP) is 3.21. The van der Waals surface area contributed by atoms with Gasteiger partial charge in [0.2, 0.25) is 5.91 Å². The largest absolute Gasteiger partial charge is 0.416 e. The Labute approximate surface area is 145 Å². The van der Waals surface area contributed by atoms with Crippen LogP contribution in [0.3, 0.4) is 0 Å². The molecule has 140 valence electrons. The van der Waals surface area contributed by atoms with E-state index in [9.17, 15) is 18.0 Å². The molecule has 1 aliphatic carbocycles. The molecule has 7 heteroatoms. The fourth-order valence-corrected chi connectivity index (χ4v) is 3.48. The van der Waals surface area contributed by atoms with Crippen molar-refractivity contribution in [3.05, 3.63) is 35.4 Å². The van der Waals surface area contributed by atoms with E-state index in [0.29, 0.717) is 12.8 Å². The molecule has 3 atom stereocenters. The van der Waals surface area contributed by atoms with Gasteiger partial charge in [-0.2, -0.15) is 13.2 Å². The van der Waals surface area contributed by atoms with Crippen LogP contribution in [-0.4, -0.2) is 31.7 Å². The van der Waals surface area contributed by atoms with Crippen LogP contribution in [0.25, 0.3) is 0 Å². The van der Waals surface area contributed by atoms with E-state index in [2.05, 4.69) is 5.32 Å². The van der Waals surface area contributed by atoms with Crippen LogP contribution in [0, 0.1) is 0 Å². The van der Waals surface area contributed by atoms with Crippen LogP contribution in [0.4, 0.5) is 13.2 Å². The maximum absolute atomic E-state index is 13.4. The highest BCUT2D eigenvalue weighted by molar-refractivity contribution is 5.82. The maximum atomic E-state index is 13.4. The van der Waals surface area contributed by atoms with Gasteiger partial charge in [-0.15, -0.1) is 0 Å². The number of alkyl halides is 3. The zero-order chi connectivity index (χ0) is 18.4. The summed E-state index contributed by atoms with van der Waals surface area (Å²) in [6.07, 6.45) is -0.507. The van der Waals surface area contributed by atoms with Crippen molar-refractivity contribution >= 4 is 5.91 Å². The van der Waals surface area contributed by atoms with Crippen LogP contribution in [0.1, 0.15) is 49.1 Å². The lowest BCUT2D eigenvalue weighted by molar-refractivity contribution is -0.138. The Bertz CT molecular complexity index is 578. The van der Waals surface area contributed by atoms with Crippen LogP contribution in [0.15, 0.2) is 24.3 Å². The third-order valence-electron chi connectivity index (χ3n) is 4.69. The zero-order valence-electron chi connectivity index (χ0n) is 14.3. The molecule has 2 rings (SSSR count). The van der Waals surface area contributed by atoms with Crippen LogP contribution < -0.4 is 11.1 Å². The lowest BCUT2D eigenvalue weighted by Crippen LogP contribution is -2.49. The first kappa shape index (κ1) is 19.7. The highest BCUT2D eigenvalue weighted by Crippen LogP contribution is 2.40. The van der Waals surface area contributed by atoms with Crippen LogP contribution in [-0.2, 0) is 15.7 Å². The van der Waals surface area contributed by atoms with E-state index in [1.165, 1.54) is 19.2 Å². The Morgan fingerprint density at radius 3 is 2.64 bits per heavy atom. The van der Waals surface area contributed by atoms with E-state index in [0.717, 1.165) is 25.3 Å². The summed E-state index contributed by atoms with van der Waals surface area (Å²) in [7, 11) is 1.45. The van der Waals surface area contributed by atoms with Crippen molar-refractivity contribution in [2.45, 2.75) is 56.3 Å². The minimum Gasteiger partial charge on any atom is -0.383 e. The molecule has 4 nitrogen and oxygen atoms in total. The summed E-state index contributed by atoms with van der Waals surface area (Å²) in [5.41, 5.74) is 5.38. The van der Waals surface area contributed by atoms with Gasteiger partial charge in [-0.3, -0.25) is 4.79 Å². The van der Waals surface area contributed by atoms with Crippen LogP contribution >= 0.6 is 0 Å². The molecule has 1 aliphatic rings. The van der Waals surface area contributed by atoms with Gasteiger partial charge in [-0.1, -0.05) is 37.5 Å². The molecular weight excluding hydrogens is 333 g/mol. The summed E-state index contributed by atoms with van der Waals surface area (Å²) in [6.45, 7) is 0.0718. The number of hydrogen-bond donors (Lipinski definition) is 2. The number of hydrogen-bond acceptors (Lipinski definition) is 3. The van der Waals surface area contributed by atoms with Crippen molar-refractivity contribution in [2.75, 3.05) is 13.7 Å². The smallest absolute Gasteiger partial charge is 0.383 e. The van der Waals surface area contributed by atoms with Crippen LogP contribution in [0.2, 0.25) is 0 Å². The Morgan fingerprint density at radius 2 is 1.96 bits per heavy atom. The number of carbonyl (C=O) groups excluding carboxylic acids is 1. The fraction of sp³-hybridized carbons (Fsp3) is 0.611. The summed E-state index contributed by atoms with van der Waals surface area (Å²) in [4.78, 5) is 12.2. The van der Waals surface area contributed by atoms with E-state index in [4.69, 9.17) is 10.5 Å². The van der Waals surface area contributed by atoms with Gasteiger partial charge in [-0.25, -0.2) is 0 Å². The van der Waals surface area contributed by atoms with Gasteiger partial charge in [0.1, 0.15) is 6.04 Å². The standard InChI is InChI=1S/C18H25F3N2O2/c1-25-11-15(22)17(24)23-16-10-4-2-3-8-13(16)12-7-5-6-9-14(12)18(19,20)21/h5-7,9,13,15-16H,2-4,8,10-11,22H2,1H3,(H,23,24). The molecule has 1 aromatic carbocycles. The van der Waals surface area contributed by atoms with Crippen molar-refractivity contribution in [1.82, 2.24) is 5.32 Å². The van der Waals surface area contributed by atoms with Gasteiger partial charge in [0.15, 0.2) is 0 Å². The summed E-state index contributed by atoms with van der Waals surface area (Å²) in [5.74, 6) is -0.762. The summed E-state index contributed by atoms with van der Waals surface area (Å²) < 4.78 is 45.1. The topological polar surface area (TPSA) is 64.3 Å². The van der Waals surface area contributed by atoms with Crippen molar-refractivity contribution in [3.8, 4) is 0 Å².